The zero-order chi connectivity index (χ0) is 21.9. The van der Waals surface area contributed by atoms with Crippen LogP contribution in [-0.4, -0.2) is 54.7 Å². The number of nitrogens with one attached hydrogen (secondary N) is 2. The van der Waals surface area contributed by atoms with Gasteiger partial charge in [-0.2, -0.15) is 0 Å². The van der Waals surface area contributed by atoms with Gasteiger partial charge in [0.1, 0.15) is 0 Å². The van der Waals surface area contributed by atoms with E-state index in [0.717, 1.165) is 31.2 Å². The van der Waals surface area contributed by atoms with Crippen LogP contribution in [0.5, 0.6) is 17.4 Å². The first-order chi connectivity index (χ1) is 15.2. The summed E-state index contributed by atoms with van der Waals surface area (Å²) < 4.78 is 11.5. The number of aliphatic imine (C=N–C) groups is 1. The van der Waals surface area contributed by atoms with Crippen molar-refractivity contribution in [2.24, 2.45) is 4.99 Å². The lowest BCUT2D eigenvalue weighted by Crippen LogP contribution is -2.44. The topological polar surface area (TPSA) is 71.0 Å². The largest absolute Gasteiger partial charge is 0.490 e. The smallest absolute Gasteiger partial charge is 0.219 e. The van der Waals surface area contributed by atoms with Gasteiger partial charge in [-0.3, -0.25) is 4.90 Å². The summed E-state index contributed by atoms with van der Waals surface area (Å²) in [5.41, 5.74) is 1.03. The zero-order valence-electron chi connectivity index (χ0n) is 19.3. The lowest BCUT2D eigenvalue weighted by atomic mass is 10.2. The number of halogens is 1. The Balaban J connectivity index is 0.00000363. The summed E-state index contributed by atoms with van der Waals surface area (Å²) in [6.45, 7) is 11.5. The van der Waals surface area contributed by atoms with E-state index in [1.807, 2.05) is 49.5 Å². The highest BCUT2D eigenvalue weighted by atomic mass is 127. The Morgan fingerprint density at radius 2 is 1.94 bits per heavy atom. The van der Waals surface area contributed by atoms with Crippen LogP contribution in [0.3, 0.4) is 0 Å². The summed E-state index contributed by atoms with van der Waals surface area (Å²) >= 11 is 0. The number of guanidine groups is 1. The van der Waals surface area contributed by atoms with E-state index in [1.165, 1.54) is 19.4 Å². The van der Waals surface area contributed by atoms with Crippen LogP contribution in [0.2, 0.25) is 0 Å². The molecule has 176 valence electrons. The number of para-hydroxylation sites is 2. The fraction of sp³-hybridized carbons (Fsp3) is 0.500. The summed E-state index contributed by atoms with van der Waals surface area (Å²) in [4.78, 5) is 11.7. The number of likely N-dealkylation sites (N-methyl/N-ethyl adjacent to an activating group) is 1. The number of hydrogen-bond acceptors (Lipinski definition) is 5. The minimum absolute atomic E-state index is 0. The Labute approximate surface area is 209 Å². The number of aromatic nitrogens is 1. The Hall–Kier alpha value is -2.07. The number of pyridine rings is 1. The van der Waals surface area contributed by atoms with Crippen LogP contribution in [-0.2, 0) is 6.54 Å². The summed E-state index contributed by atoms with van der Waals surface area (Å²) in [6.07, 6.45) is 4.34. The van der Waals surface area contributed by atoms with Crippen LogP contribution in [0.4, 0.5) is 0 Å². The quantitative estimate of drug-likeness (QED) is 0.258. The molecule has 1 atom stereocenters. The normalized spacial score (nSPS) is 16.3. The first kappa shape index (κ1) is 26.2. The molecule has 2 heterocycles. The molecule has 1 aromatic heterocycles. The van der Waals surface area contributed by atoms with Gasteiger partial charge in [-0.25, -0.2) is 9.98 Å². The first-order valence-corrected chi connectivity index (χ1v) is 11.3. The molecule has 1 saturated heterocycles. The average Bonchev–Trinajstić information content (AvgIpc) is 3.26. The second-order valence-electron chi connectivity index (χ2n) is 7.49. The van der Waals surface area contributed by atoms with Gasteiger partial charge in [0, 0.05) is 31.4 Å². The van der Waals surface area contributed by atoms with Crippen molar-refractivity contribution in [2.45, 2.75) is 46.2 Å². The Morgan fingerprint density at radius 3 is 2.62 bits per heavy atom. The molecule has 0 radical (unpaired) electrons. The summed E-state index contributed by atoms with van der Waals surface area (Å²) in [7, 11) is 0. The number of rotatable bonds is 10. The maximum atomic E-state index is 5.90. The van der Waals surface area contributed by atoms with E-state index in [1.54, 1.807) is 0 Å². The Morgan fingerprint density at radius 1 is 1.12 bits per heavy atom. The van der Waals surface area contributed by atoms with Crippen molar-refractivity contribution in [2.75, 3.05) is 32.8 Å². The number of likely N-dealkylation sites (tertiary alicyclic amines) is 1. The molecule has 7 nitrogen and oxygen atoms in total. The molecule has 1 aliphatic heterocycles. The predicted molar refractivity (Wildman–Crippen MR) is 140 cm³/mol. The van der Waals surface area contributed by atoms with Gasteiger partial charge in [-0.1, -0.05) is 25.1 Å². The molecule has 0 saturated carbocycles. The van der Waals surface area contributed by atoms with Crippen molar-refractivity contribution < 1.29 is 9.47 Å². The maximum absolute atomic E-state index is 5.90. The van der Waals surface area contributed by atoms with Crippen molar-refractivity contribution >= 4 is 29.9 Å². The highest BCUT2D eigenvalue weighted by Gasteiger charge is 2.22. The van der Waals surface area contributed by atoms with Crippen molar-refractivity contribution in [1.29, 1.82) is 0 Å². The van der Waals surface area contributed by atoms with Crippen LogP contribution in [0.25, 0.3) is 0 Å². The highest BCUT2D eigenvalue weighted by molar-refractivity contribution is 14.0. The van der Waals surface area contributed by atoms with E-state index in [4.69, 9.17) is 14.5 Å². The molecule has 1 fully saturated rings. The molecule has 0 amide bonds. The molecule has 32 heavy (non-hydrogen) atoms. The van der Waals surface area contributed by atoms with Gasteiger partial charge < -0.3 is 20.1 Å². The van der Waals surface area contributed by atoms with Gasteiger partial charge in [0.15, 0.2) is 17.5 Å². The van der Waals surface area contributed by atoms with Crippen LogP contribution in [0, 0.1) is 0 Å². The SMILES string of the molecule is CCNC(=NCc1ccc(Oc2ccccc2OCC)nc1)NCC1CCCN1CC.I. The van der Waals surface area contributed by atoms with E-state index in [0.29, 0.717) is 36.6 Å². The fourth-order valence-corrected chi connectivity index (χ4v) is 3.76. The second-order valence-corrected chi connectivity index (χ2v) is 7.49. The van der Waals surface area contributed by atoms with Crippen molar-refractivity contribution in [1.82, 2.24) is 20.5 Å². The predicted octanol–water partition coefficient (Wildman–Crippen LogP) is 4.43. The number of ether oxygens (including phenoxy) is 2. The van der Waals surface area contributed by atoms with Gasteiger partial charge in [0.05, 0.1) is 13.2 Å². The van der Waals surface area contributed by atoms with Gasteiger partial charge in [0.25, 0.3) is 0 Å². The minimum atomic E-state index is 0. The Bertz CT molecular complexity index is 831. The zero-order valence-corrected chi connectivity index (χ0v) is 21.7. The number of nitrogens with zero attached hydrogens (tertiary/aromatic N) is 3. The average molecular weight is 553 g/mol. The van der Waals surface area contributed by atoms with E-state index in [9.17, 15) is 0 Å². The molecule has 1 aromatic carbocycles. The van der Waals surface area contributed by atoms with Gasteiger partial charge in [0.2, 0.25) is 5.88 Å². The van der Waals surface area contributed by atoms with Crippen LogP contribution in [0.1, 0.15) is 39.2 Å². The fourth-order valence-electron chi connectivity index (χ4n) is 3.76. The van der Waals surface area contributed by atoms with Crippen LogP contribution < -0.4 is 20.1 Å². The number of hydrogen-bond donors (Lipinski definition) is 2. The summed E-state index contributed by atoms with van der Waals surface area (Å²) in [5.74, 6) is 2.75. The third-order valence-electron chi connectivity index (χ3n) is 5.34. The van der Waals surface area contributed by atoms with Crippen LogP contribution >= 0.6 is 24.0 Å². The lowest BCUT2D eigenvalue weighted by Gasteiger charge is -2.24. The molecular weight excluding hydrogens is 517 g/mol. The van der Waals surface area contributed by atoms with Crippen LogP contribution in [0.15, 0.2) is 47.6 Å². The molecule has 1 unspecified atom stereocenters. The van der Waals surface area contributed by atoms with Gasteiger partial charge >= 0.3 is 0 Å². The standard InChI is InChI=1S/C24H35N5O2.HI/c1-4-25-24(28-18-20-10-9-15-29(20)5-2)27-17-19-13-14-23(26-16-19)31-22-12-8-7-11-21(22)30-6-3;/h7-8,11-14,16,20H,4-6,9-10,15,17-18H2,1-3H3,(H2,25,27,28);1H. The number of benzene rings is 1. The van der Waals surface area contributed by atoms with Crippen molar-refractivity contribution in [3.8, 4) is 17.4 Å². The van der Waals surface area contributed by atoms with E-state index < -0.39 is 0 Å². The molecule has 0 bridgehead atoms. The molecule has 0 spiro atoms. The van der Waals surface area contributed by atoms with E-state index >= 15 is 0 Å². The van der Waals surface area contributed by atoms with E-state index in [2.05, 4.69) is 34.4 Å². The molecular formula is C24H36IN5O2. The summed E-state index contributed by atoms with van der Waals surface area (Å²) in [6, 6.07) is 12.1. The molecule has 2 aromatic rings. The van der Waals surface area contributed by atoms with E-state index in [-0.39, 0.29) is 24.0 Å². The molecule has 2 N–H and O–H groups in total. The van der Waals surface area contributed by atoms with Crippen molar-refractivity contribution in [3.63, 3.8) is 0 Å². The first-order valence-electron chi connectivity index (χ1n) is 11.3. The molecule has 0 aliphatic carbocycles. The molecule has 3 rings (SSSR count). The maximum Gasteiger partial charge on any atom is 0.219 e. The molecule has 8 heteroatoms. The monoisotopic (exact) mass is 553 g/mol. The third-order valence-corrected chi connectivity index (χ3v) is 5.34. The third kappa shape index (κ3) is 7.81. The van der Waals surface area contributed by atoms with Crippen molar-refractivity contribution in [3.05, 3.63) is 48.2 Å². The lowest BCUT2D eigenvalue weighted by molar-refractivity contribution is 0.267. The Kier molecular flexibility index (Phi) is 11.6. The second kappa shape index (κ2) is 14.2. The summed E-state index contributed by atoms with van der Waals surface area (Å²) in [5, 5.41) is 6.83. The molecule has 1 aliphatic rings. The highest BCUT2D eigenvalue weighted by Crippen LogP contribution is 2.30. The van der Waals surface area contributed by atoms with Gasteiger partial charge in [-0.05, 0) is 57.5 Å². The minimum Gasteiger partial charge on any atom is -0.490 e. The van der Waals surface area contributed by atoms with Gasteiger partial charge in [-0.15, -0.1) is 24.0 Å².